The molecule has 0 aromatic carbocycles. The molecule has 0 saturated carbocycles. The van der Waals surface area contributed by atoms with E-state index in [0.29, 0.717) is 6.42 Å². The van der Waals surface area contributed by atoms with Gasteiger partial charge in [0, 0.05) is 6.04 Å². The molecule has 0 aliphatic carbocycles. The van der Waals surface area contributed by atoms with Gasteiger partial charge in [-0.1, -0.05) is 19.0 Å². The van der Waals surface area contributed by atoms with Gasteiger partial charge in [-0.25, -0.2) is 0 Å². The lowest BCUT2D eigenvalue weighted by Gasteiger charge is -2.19. The van der Waals surface area contributed by atoms with Crippen LogP contribution in [0, 0.1) is 0 Å². The minimum atomic E-state index is -4.55. The molecule has 17 heavy (non-hydrogen) atoms. The third-order valence-corrected chi connectivity index (χ3v) is 2.58. The van der Waals surface area contributed by atoms with Crippen molar-refractivity contribution < 1.29 is 17.7 Å². The van der Waals surface area contributed by atoms with E-state index in [0.717, 1.165) is 6.54 Å². The van der Waals surface area contributed by atoms with E-state index >= 15 is 0 Å². The van der Waals surface area contributed by atoms with Gasteiger partial charge in [0.2, 0.25) is 5.89 Å². The SMILES string of the molecule is CCNC(C)C(CC)c1nc(C(F)(F)F)no1. The molecule has 7 heteroatoms. The number of nitrogens with one attached hydrogen (secondary N) is 1. The highest BCUT2D eigenvalue weighted by atomic mass is 19.4. The summed E-state index contributed by atoms with van der Waals surface area (Å²) in [7, 11) is 0. The zero-order chi connectivity index (χ0) is 13.1. The number of hydrogen-bond donors (Lipinski definition) is 1. The fourth-order valence-corrected chi connectivity index (χ4v) is 1.71. The summed E-state index contributed by atoms with van der Waals surface area (Å²) in [5.41, 5.74) is 0. The highest BCUT2D eigenvalue weighted by Gasteiger charge is 2.38. The Labute approximate surface area is 97.6 Å². The molecule has 0 radical (unpaired) electrons. The number of likely N-dealkylation sites (N-methyl/N-ethyl adjacent to an activating group) is 1. The van der Waals surface area contributed by atoms with Gasteiger partial charge in [0.25, 0.3) is 5.82 Å². The van der Waals surface area contributed by atoms with Crippen molar-refractivity contribution in [2.24, 2.45) is 0 Å². The quantitative estimate of drug-likeness (QED) is 0.873. The molecule has 2 atom stereocenters. The summed E-state index contributed by atoms with van der Waals surface area (Å²) in [6.07, 6.45) is -3.92. The Kier molecular flexibility index (Phi) is 4.50. The van der Waals surface area contributed by atoms with Crippen molar-refractivity contribution in [3.63, 3.8) is 0 Å². The van der Waals surface area contributed by atoms with E-state index in [-0.39, 0.29) is 17.9 Å². The fourth-order valence-electron chi connectivity index (χ4n) is 1.71. The van der Waals surface area contributed by atoms with Crippen molar-refractivity contribution in [1.82, 2.24) is 15.5 Å². The number of halogens is 3. The molecule has 0 amide bonds. The monoisotopic (exact) mass is 251 g/mol. The van der Waals surface area contributed by atoms with Crippen LogP contribution in [0.2, 0.25) is 0 Å². The molecule has 1 heterocycles. The molecule has 0 aliphatic heterocycles. The molecule has 0 spiro atoms. The van der Waals surface area contributed by atoms with Gasteiger partial charge in [-0.05, 0) is 19.9 Å². The van der Waals surface area contributed by atoms with Crippen molar-refractivity contribution in [2.45, 2.75) is 45.3 Å². The molecule has 2 unspecified atom stereocenters. The molecular formula is C10H16F3N3O. The van der Waals surface area contributed by atoms with E-state index in [9.17, 15) is 13.2 Å². The van der Waals surface area contributed by atoms with Crippen LogP contribution in [0.25, 0.3) is 0 Å². The van der Waals surface area contributed by atoms with E-state index in [1.165, 1.54) is 0 Å². The van der Waals surface area contributed by atoms with Crippen LogP contribution < -0.4 is 5.32 Å². The van der Waals surface area contributed by atoms with Crippen LogP contribution in [0.3, 0.4) is 0 Å². The maximum absolute atomic E-state index is 12.3. The highest BCUT2D eigenvalue weighted by Crippen LogP contribution is 2.29. The van der Waals surface area contributed by atoms with Gasteiger partial charge < -0.3 is 9.84 Å². The number of aromatic nitrogens is 2. The van der Waals surface area contributed by atoms with Crippen LogP contribution >= 0.6 is 0 Å². The first-order valence-corrected chi connectivity index (χ1v) is 5.54. The molecular weight excluding hydrogens is 235 g/mol. The van der Waals surface area contributed by atoms with Crippen LogP contribution in [0.5, 0.6) is 0 Å². The van der Waals surface area contributed by atoms with Crippen molar-refractivity contribution in [3.8, 4) is 0 Å². The maximum atomic E-state index is 12.3. The molecule has 4 nitrogen and oxygen atoms in total. The Balaban J connectivity index is 2.86. The molecule has 1 N–H and O–H groups in total. The van der Waals surface area contributed by atoms with E-state index in [2.05, 4.69) is 15.5 Å². The lowest BCUT2D eigenvalue weighted by atomic mass is 9.98. The van der Waals surface area contributed by atoms with Crippen molar-refractivity contribution in [1.29, 1.82) is 0 Å². The summed E-state index contributed by atoms with van der Waals surface area (Å²) in [6.45, 7) is 6.42. The number of rotatable bonds is 5. The smallest absolute Gasteiger partial charge is 0.339 e. The second kappa shape index (κ2) is 5.48. The molecule has 0 fully saturated rings. The summed E-state index contributed by atoms with van der Waals surface area (Å²) < 4.78 is 41.6. The van der Waals surface area contributed by atoms with Crippen LogP contribution in [-0.2, 0) is 6.18 Å². The van der Waals surface area contributed by atoms with Gasteiger partial charge in [-0.15, -0.1) is 0 Å². The number of alkyl halides is 3. The van der Waals surface area contributed by atoms with Gasteiger partial charge in [0.1, 0.15) is 0 Å². The van der Waals surface area contributed by atoms with E-state index < -0.39 is 12.0 Å². The van der Waals surface area contributed by atoms with Gasteiger partial charge in [-0.2, -0.15) is 18.2 Å². The Bertz CT molecular complexity index is 351. The summed E-state index contributed by atoms with van der Waals surface area (Å²) in [4.78, 5) is 3.41. The molecule has 1 aromatic rings. The highest BCUT2D eigenvalue weighted by molar-refractivity contribution is 4.99. The van der Waals surface area contributed by atoms with Crippen molar-refractivity contribution in [3.05, 3.63) is 11.7 Å². The minimum Gasteiger partial charge on any atom is -0.339 e. The first-order chi connectivity index (χ1) is 7.90. The Morgan fingerprint density at radius 2 is 2.00 bits per heavy atom. The van der Waals surface area contributed by atoms with Crippen molar-refractivity contribution >= 4 is 0 Å². The summed E-state index contributed by atoms with van der Waals surface area (Å²) in [5, 5.41) is 6.09. The summed E-state index contributed by atoms with van der Waals surface area (Å²) in [5.74, 6) is -1.39. The minimum absolute atomic E-state index is 0.00784. The zero-order valence-corrected chi connectivity index (χ0v) is 10.0. The van der Waals surface area contributed by atoms with Crippen LogP contribution in [0.4, 0.5) is 13.2 Å². The normalized spacial score (nSPS) is 15.9. The largest absolute Gasteiger partial charge is 0.455 e. The second-order valence-corrected chi connectivity index (χ2v) is 3.82. The lowest BCUT2D eigenvalue weighted by molar-refractivity contribution is -0.146. The van der Waals surface area contributed by atoms with E-state index in [4.69, 9.17) is 4.52 Å². The van der Waals surface area contributed by atoms with Gasteiger partial charge in [-0.3, -0.25) is 0 Å². The van der Waals surface area contributed by atoms with Crippen molar-refractivity contribution in [2.75, 3.05) is 6.54 Å². The van der Waals surface area contributed by atoms with Crippen LogP contribution in [-0.4, -0.2) is 22.7 Å². The van der Waals surface area contributed by atoms with Gasteiger partial charge >= 0.3 is 6.18 Å². The molecule has 98 valence electrons. The fraction of sp³-hybridized carbons (Fsp3) is 0.800. The van der Waals surface area contributed by atoms with Crippen LogP contribution in [0.15, 0.2) is 4.52 Å². The Morgan fingerprint density at radius 1 is 1.35 bits per heavy atom. The standard InChI is InChI=1S/C10H16F3N3O/c1-4-7(6(3)14-5-2)8-15-9(16-17-8)10(11,12)13/h6-7,14H,4-5H2,1-3H3. The first kappa shape index (κ1) is 14.0. The topological polar surface area (TPSA) is 51.0 Å². The third-order valence-electron chi connectivity index (χ3n) is 2.58. The van der Waals surface area contributed by atoms with E-state index in [1.54, 1.807) is 0 Å². The van der Waals surface area contributed by atoms with E-state index in [1.807, 2.05) is 20.8 Å². The van der Waals surface area contributed by atoms with Gasteiger partial charge in [0.05, 0.1) is 5.92 Å². The van der Waals surface area contributed by atoms with Gasteiger partial charge in [0.15, 0.2) is 0 Å². The summed E-state index contributed by atoms with van der Waals surface area (Å²) in [6, 6.07) is -0.00784. The average Bonchev–Trinajstić information content (AvgIpc) is 2.68. The molecule has 0 bridgehead atoms. The van der Waals surface area contributed by atoms with Crippen LogP contribution in [0.1, 0.15) is 44.8 Å². The number of nitrogens with zero attached hydrogens (tertiary/aromatic N) is 2. The average molecular weight is 251 g/mol. The lowest BCUT2D eigenvalue weighted by Crippen LogP contribution is -2.32. The number of hydrogen-bond acceptors (Lipinski definition) is 4. The third kappa shape index (κ3) is 3.42. The molecule has 0 saturated heterocycles. The zero-order valence-electron chi connectivity index (χ0n) is 10.0. The predicted molar refractivity (Wildman–Crippen MR) is 55.5 cm³/mol. The molecule has 1 aromatic heterocycles. The summed E-state index contributed by atoms with van der Waals surface area (Å²) >= 11 is 0. The Morgan fingerprint density at radius 3 is 2.41 bits per heavy atom. The maximum Gasteiger partial charge on any atom is 0.455 e. The Hall–Kier alpha value is -1.11. The molecule has 1 rings (SSSR count). The molecule has 0 aliphatic rings. The predicted octanol–water partition coefficient (Wildman–Crippen LogP) is 2.58. The second-order valence-electron chi connectivity index (χ2n) is 3.82. The first-order valence-electron chi connectivity index (χ1n) is 5.54.